The highest BCUT2D eigenvalue weighted by Crippen LogP contribution is 2.22. The number of para-hydroxylation sites is 1. The topological polar surface area (TPSA) is 79.8 Å². The highest BCUT2D eigenvalue weighted by molar-refractivity contribution is 6.36. The quantitative estimate of drug-likeness (QED) is 0.539. The summed E-state index contributed by atoms with van der Waals surface area (Å²) < 4.78 is 5.26. The zero-order chi connectivity index (χ0) is 18.9. The molecule has 0 saturated carbocycles. The third kappa shape index (κ3) is 6.55. The van der Waals surface area contributed by atoms with Crippen LogP contribution in [0.5, 0.6) is 5.75 Å². The third-order valence-electron chi connectivity index (χ3n) is 3.00. The number of benzene rings is 2. The monoisotopic (exact) mass is 413 g/mol. The number of nitrogens with zero attached hydrogens (tertiary/aromatic N) is 1. The molecule has 0 aliphatic heterocycles. The van der Waals surface area contributed by atoms with Crippen molar-refractivity contribution in [3.05, 3.63) is 63.1 Å². The van der Waals surface area contributed by atoms with E-state index < -0.39 is 11.8 Å². The summed E-state index contributed by atoms with van der Waals surface area (Å²) in [7, 11) is 0. The number of hydrogen-bond acceptors (Lipinski definition) is 4. The maximum Gasteiger partial charge on any atom is 0.259 e. The van der Waals surface area contributed by atoms with Gasteiger partial charge in [-0.25, -0.2) is 5.43 Å². The molecule has 0 fully saturated rings. The Kier molecular flexibility index (Phi) is 7.72. The van der Waals surface area contributed by atoms with Gasteiger partial charge in [0, 0.05) is 10.6 Å². The molecule has 0 heterocycles. The molecule has 26 heavy (non-hydrogen) atoms. The molecule has 2 rings (SSSR count). The molecule has 0 aromatic heterocycles. The van der Waals surface area contributed by atoms with Crippen LogP contribution in [0, 0.1) is 0 Å². The van der Waals surface area contributed by atoms with E-state index in [1.807, 2.05) is 0 Å². The van der Waals surface area contributed by atoms with Gasteiger partial charge in [0.15, 0.2) is 6.61 Å². The van der Waals surface area contributed by atoms with Crippen molar-refractivity contribution >= 4 is 52.8 Å². The molecule has 0 aliphatic carbocycles. The van der Waals surface area contributed by atoms with Gasteiger partial charge in [-0.15, -0.1) is 0 Å². The first-order chi connectivity index (χ1) is 12.5. The molecule has 2 amide bonds. The Labute approximate surface area is 165 Å². The van der Waals surface area contributed by atoms with Crippen LogP contribution in [-0.4, -0.2) is 31.2 Å². The summed E-state index contributed by atoms with van der Waals surface area (Å²) in [5.74, 6) is -0.583. The average Bonchev–Trinajstić information content (AvgIpc) is 2.61. The van der Waals surface area contributed by atoms with Crippen molar-refractivity contribution in [2.45, 2.75) is 0 Å². The second kappa shape index (κ2) is 10.0. The Bertz CT molecular complexity index is 828. The van der Waals surface area contributed by atoms with Crippen molar-refractivity contribution in [3.8, 4) is 5.75 Å². The zero-order valence-electron chi connectivity index (χ0n) is 13.3. The Hall–Kier alpha value is -2.28. The van der Waals surface area contributed by atoms with Crippen molar-refractivity contribution in [2.75, 3.05) is 13.2 Å². The predicted octanol–water partition coefficient (Wildman–Crippen LogP) is 3.29. The number of rotatable bonds is 7. The van der Waals surface area contributed by atoms with Gasteiger partial charge in [-0.05, 0) is 24.3 Å². The second-order valence-corrected chi connectivity index (χ2v) is 6.21. The summed E-state index contributed by atoms with van der Waals surface area (Å²) in [6, 6.07) is 11.6. The fourth-order valence-corrected chi connectivity index (χ4v) is 2.40. The maximum atomic E-state index is 11.7. The first kappa shape index (κ1) is 20.0. The molecule has 0 radical (unpaired) electrons. The fraction of sp³-hybridized carbons (Fsp3) is 0.118. The van der Waals surface area contributed by atoms with E-state index in [-0.39, 0.29) is 13.2 Å². The normalized spacial score (nSPS) is 10.6. The molecule has 0 bridgehead atoms. The molecule has 2 aromatic rings. The molecular formula is C17H14Cl3N3O3. The number of amides is 2. The van der Waals surface area contributed by atoms with E-state index in [9.17, 15) is 9.59 Å². The van der Waals surface area contributed by atoms with E-state index in [0.29, 0.717) is 26.4 Å². The third-order valence-corrected chi connectivity index (χ3v) is 3.87. The number of halogens is 3. The van der Waals surface area contributed by atoms with Crippen molar-refractivity contribution in [1.29, 1.82) is 0 Å². The van der Waals surface area contributed by atoms with Gasteiger partial charge in [-0.2, -0.15) is 5.10 Å². The van der Waals surface area contributed by atoms with Gasteiger partial charge in [0.1, 0.15) is 5.75 Å². The number of nitrogens with one attached hydrogen (secondary N) is 2. The number of hydrogen-bond donors (Lipinski definition) is 2. The first-order valence-electron chi connectivity index (χ1n) is 7.36. The van der Waals surface area contributed by atoms with E-state index >= 15 is 0 Å². The lowest BCUT2D eigenvalue weighted by atomic mass is 10.2. The molecule has 136 valence electrons. The zero-order valence-corrected chi connectivity index (χ0v) is 15.6. The van der Waals surface area contributed by atoms with Gasteiger partial charge < -0.3 is 10.1 Å². The minimum Gasteiger partial charge on any atom is -0.482 e. The maximum absolute atomic E-state index is 11.7. The first-order valence-corrected chi connectivity index (χ1v) is 8.50. The number of carbonyl (C=O) groups excluding carboxylic acids is 2. The lowest BCUT2D eigenvalue weighted by Gasteiger charge is -2.08. The molecule has 0 spiro atoms. The van der Waals surface area contributed by atoms with Crippen LogP contribution >= 0.6 is 34.8 Å². The van der Waals surface area contributed by atoms with Crippen molar-refractivity contribution in [3.63, 3.8) is 0 Å². The van der Waals surface area contributed by atoms with E-state index in [1.165, 1.54) is 6.21 Å². The summed E-state index contributed by atoms with van der Waals surface area (Å²) in [5, 5.41) is 7.46. The van der Waals surface area contributed by atoms with E-state index in [4.69, 9.17) is 39.5 Å². The molecule has 2 aromatic carbocycles. The van der Waals surface area contributed by atoms with Crippen molar-refractivity contribution in [1.82, 2.24) is 10.7 Å². The predicted molar refractivity (Wildman–Crippen MR) is 102 cm³/mol. The summed E-state index contributed by atoms with van der Waals surface area (Å²) in [5.41, 5.74) is 2.86. The standard InChI is InChI=1S/C17H14Cl3N3O3/c18-12-6-5-11(14(20)7-12)8-22-23-16(24)9-21-17(25)10-26-15-4-2-1-3-13(15)19/h1-8H,9-10H2,(H,21,25)(H,23,24)/b22-8+. The van der Waals surface area contributed by atoms with E-state index in [0.717, 1.165) is 0 Å². The second-order valence-electron chi connectivity index (χ2n) is 4.95. The molecular weight excluding hydrogens is 401 g/mol. The largest absolute Gasteiger partial charge is 0.482 e. The van der Waals surface area contributed by atoms with Crippen LogP contribution in [0.25, 0.3) is 0 Å². The Morgan fingerprint density at radius 2 is 1.81 bits per heavy atom. The smallest absolute Gasteiger partial charge is 0.259 e. The molecule has 9 heteroatoms. The molecule has 0 aliphatic rings. The minimum atomic E-state index is -0.502. The van der Waals surface area contributed by atoms with Gasteiger partial charge in [-0.3, -0.25) is 9.59 Å². The summed E-state index contributed by atoms with van der Waals surface area (Å²) in [4.78, 5) is 23.3. The summed E-state index contributed by atoms with van der Waals surface area (Å²) in [6.07, 6.45) is 1.37. The number of carbonyl (C=O) groups is 2. The molecule has 2 N–H and O–H groups in total. The number of hydrazone groups is 1. The average molecular weight is 415 g/mol. The van der Waals surface area contributed by atoms with Crippen LogP contribution in [0.3, 0.4) is 0 Å². The van der Waals surface area contributed by atoms with Crippen LogP contribution in [0.1, 0.15) is 5.56 Å². The summed E-state index contributed by atoms with van der Waals surface area (Å²) in [6.45, 7) is -0.517. The number of ether oxygens (including phenoxy) is 1. The molecule has 0 atom stereocenters. The highest BCUT2D eigenvalue weighted by Gasteiger charge is 2.07. The summed E-state index contributed by atoms with van der Waals surface area (Å²) >= 11 is 17.7. The van der Waals surface area contributed by atoms with Gasteiger partial charge in [0.05, 0.1) is 22.8 Å². The SMILES string of the molecule is O=C(COc1ccccc1Cl)NCC(=O)N/N=C/c1ccc(Cl)cc1Cl. The van der Waals surface area contributed by atoms with Crippen LogP contribution in [0.4, 0.5) is 0 Å². The lowest BCUT2D eigenvalue weighted by Crippen LogP contribution is -2.37. The lowest BCUT2D eigenvalue weighted by molar-refractivity contribution is -0.127. The molecule has 0 unspecified atom stereocenters. The fourth-order valence-electron chi connectivity index (χ4n) is 1.75. The van der Waals surface area contributed by atoms with E-state index in [1.54, 1.807) is 42.5 Å². The van der Waals surface area contributed by atoms with Crippen molar-refractivity contribution in [2.24, 2.45) is 5.10 Å². The van der Waals surface area contributed by atoms with Crippen LogP contribution in [0.2, 0.25) is 15.1 Å². The molecule has 6 nitrogen and oxygen atoms in total. The minimum absolute atomic E-state index is 0.254. The van der Waals surface area contributed by atoms with E-state index in [2.05, 4.69) is 15.8 Å². The molecule has 0 saturated heterocycles. The van der Waals surface area contributed by atoms with Crippen LogP contribution in [-0.2, 0) is 9.59 Å². The van der Waals surface area contributed by atoms with Gasteiger partial charge in [0.2, 0.25) is 0 Å². The van der Waals surface area contributed by atoms with Crippen molar-refractivity contribution < 1.29 is 14.3 Å². The van der Waals surface area contributed by atoms with Gasteiger partial charge >= 0.3 is 0 Å². The van der Waals surface area contributed by atoms with Gasteiger partial charge in [0.25, 0.3) is 11.8 Å². The van der Waals surface area contributed by atoms with Crippen LogP contribution in [0.15, 0.2) is 47.6 Å². The Balaban J connectivity index is 1.71. The Morgan fingerprint density at radius 1 is 1.04 bits per heavy atom. The van der Waals surface area contributed by atoms with Crippen LogP contribution < -0.4 is 15.5 Å². The Morgan fingerprint density at radius 3 is 2.54 bits per heavy atom. The van der Waals surface area contributed by atoms with Gasteiger partial charge in [-0.1, -0.05) is 53.0 Å². The highest BCUT2D eigenvalue weighted by atomic mass is 35.5.